The molecule has 1 amide bonds. The number of hydrogen-bond donors (Lipinski definition) is 0. The summed E-state index contributed by atoms with van der Waals surface area (Å²) in [6.07, 6.45) is 0.115. The van der Waals surface area contributed by atoms with E-state index < -0.39 is 11.9 Å². The van der Waals surface area contributed by atoms with Gasteiger partial charge in [-0.2, -0.15) is 0 Å². The Labute approximate surface area is 131 Å². The summed E-state index contributed by atoms with van der Waals surface area (Å²) in [7, 11) is 1.31. The highest BCUT2D eigenvalue weighted by Gasteiger charge is 2.37. The van der Waals surface area contributed by atoms with Gasteiger partial charge < -0.3 is 9.26 Å². The molecule has 114 valence electrons. The van der Waals surface area contributed by atoms with Crippen molar-refractivity contribution < 1.29 is 18.8 Å². The summed E-state index contributed by atoms with van der Waals surface area (Å²) in [4.78, 5) is 25.0. The van der Waals surface area contributed by atoms with Crippen molar-refractivity contribution in [2.45, 2.75) is 6.42 Å². The van der Waals surface area contributed by atoms with Gasteiger partial charge in [0, 0.05) is 29.6 Å². The zero-order valence-corrected chi connectivity index (χ0v) is 12.5. The van der Waals surface area contributed by atoms with Gasteiger partial charge in [-0.25, -0.2) is 0 Å². The van der Waals surface area contributed by atoms with Crippen LogP contribution in [0.2, 0.25) is 5.02 Å². The van der Waals surface area contributed by atoms with Crippen LogP contribution >= 0.6 is 11.6 Å². The van der Waals surface area contributed by atoms with E-state index >= 15 is 0 Å². The van der Waals surface area contributed by atoms with E-state index in [0.717, 1.165) is 5.56 Å². The Morgan fingerprint density at radius 2 is 2.14 bits per heavy atom. The van der Waals surface area contributed by atoms with Gasteiger partial charge >= 0.3 is 5.97 Å². The van der Waals surface area contributed by atoms with E-state index in [1.807, 2.05) is 12.1 Å². The Morgan fingerprint density at radius 1 is 1.41 bits per heavy atom. The van der Waals surface area contributed by atoms with E-state index in [0.29, 0.717) is 16.6 Å². The zero-order chi connectivity index (χ0) is 15.7. The van der Waals surface area contributed by atoms with Crippen LogP contribution in [0.1, 0.15) is 6.42 Å². The molecule has 0 radical (unpaired) electrons. The van der Waals surface area contributed by atoms with Gasteiger partial charge in [0.05, 0.1) is 13.0 Å². The largest absolute Gasteiger partial charge is 0.469 e. The molecule has 0 N–H and O–H groups in total. The highest BCUT2D eigenvalue weighted by molar-refractivity contribution is 6.30. The molecule has 1 aromatic carbocycles. The molecule has 3 rings (SSSR count). The summed E-state index contributed by atoms with van der Waals surface area (Å²) in [6.45, 7) is 0.237. The minimum absolute atomic E-state index is 0.115. The molecule has 6 nitrogen and oxygen atoms in total. The third-order valence-electron chi connectivity index (χ3n) is 3.56. The van der Waals surface area contributed by atoms with Crippen LogP contribution in [0.25, 0.3) is 11.3 Å². The maximum atomic E-state index is 12.0. The smallest absolute Gasteiger partial charge is 0.311 e. The number of methoxy groups -OCH3 is 1. The van der Waals surface area contributed by atoms with Crippen LogP contribution < -0.4 is 4.90 Å². The summed E-state index contributed by atoms with van der Waals surface area (Å²) in [6, 6.07) is 8.79. The second-order valence-corrected chi connectivity index (χ2v) is 5.42. The van der Waals surface area contributed by atoms with Gasteiger partial charge in [-0.3, -0.25) is 14.5 Å². The molecule has 0 aliphatic carbocycles. The number of esters is 1. The number of anilines is 1. The standard InChI is InChI=1S/C15H13ClN2O4/c1-21-15(20)10-6-13(19)18(8-10)14-7-12(17-22-14)9-2-4-11(16)5-3-9/h2-5,7,10H,6,8H2,1H3. The minimum atomic E-state index is -0.471. The number of hydrogen-bond acceptors (Lipinski definition) is 5. The third-order valence-corrected chi connectivity index (χ3v) is 3.82. The predicted octanol–water partition coefficient (Wildman–Crippen LogP) is 2.52. The van der Waals surface area contributed by atoms with Crippen molar-refractivity contribution in [2.24, 2.45) is 5.92 Å². The molecule has 1 saturated heterocycles. The molecule has 1 aromatic heterocycles. The molecule has 1 aliphatic rings. The van der Waals surface area contributed by atoms with Gasteiger partial charge in [0.15, 0.2) is 0 Å². The van der Waals surface area contributed by atoms with Crippen LogP contribution in [0.4, 0.5) is 5.88 Å². The molecule has 1 aliphatic heterocycles. The molecule has 0 saturated carbocycles. The van der Waals surface area contributed by atoms with E-state index in [1.165, 1.54) is 12.0 Å². The van der Waals surface area contributed by atoms with Crippen LogP contribution in [0.15, 0.2) is 34.9 Å². The highest BCUT2D eigenvalue weighted by Crippen LogP contribution is 2.29. The lowest BCUT2D eigenvalue weighted by Gasteiger charge is -2.10. The van der Waals surface area contributed by atoms with E-state index in [1.54, 1.807) is 18.2 Å². The molecule has 1 atom stereocenters. The van der Waals surface area contributed by atoms with Crippen molar-refractivity contribution in [3.63, 3.8) is 0 Å². The monoisotopic (exact) mass is 320 g/mol. The van der Waals surface area contributed by atoms with E-state index in [2.05, 4.69) is 9.89 Å². The van der Waals surface area contributed by atoms with Gasteiger partial charge in [0.2, 0.25) is 11.8 Å². The minimum Gasteiger partial charge on any atom is -0.469 e. The second-order valence-electron chi connectivity index (χ2n) is 4.99. The van der Waals surface area contributed by atoms with E-state index in [-0.39, 0.29) is 18.9 Å². The summed E-state index contributed by atoms with van der Waals surface area (Å²) in [5.74, 6) is -0.731. The maximum Gasteiger partial charge on any atom is 0.311 e. The normalized spacial score (nSPS) is 17.8. The van der Waals surface area contributed by atoms with Gasteiger partial charge in [0.1, 0.15) is 5.69 Å². The first-order valence-corrected chi connectivity index (χ1v) is 7.07. The summed E-state index contributed by atoms with van der Waals surface area (Å²) in [5.41, 5.74) is 1.43. The number of nitrogens with zero attached hydrogens (tertiary/aromatic N) is 2. The van der Waals surface area contributed by atoms with Crippen molar-refractivity contribution in [3.05, 3.63) is 35.4 Å². The summed E-state index contributed by atoms with van der Waals surface area (Å²) < 4.78 is 9.91. The van der Waals surface area contributed by atoms with E-state index in [9.17, 15) is 9.59 Å². The Balaban J connectivity index is 1.80. The fourth-order valence-corrected chi connectivity index (χ4v) is 2.52. The van der Waals surface area contributed by atoms with Crippen molar-refractivity contribution in [3.8, 4) is 11.3 Å². The van der Waals surface area contributed by atoms with Crippen LogP contribution in [-0.4, -0.2) is 30.7 Å². The highest BCUT2D eigenvalue weighted by atomic mass is 35.5. The van der Waals surface area contributed by atoms with Crippen LogP contribution in [0.3, 0.4) is 0 Å². The van der Waals surface area contributed by atoms with Gasteiger partial charge in [-0.05, 0) is 12.1 Å². The maximum absolute atomic E-state index is 12.0. The SMILES string of the molecule is COC(=O)C1CC(=O)N(c2cc(-c3ccc(Cl)cc3)no2)C1. The lowest BCUT2D eigenvalue weighted by Crippen LogP contribution is -2.25. The molecule has 7 heteroatoms. The lowest BCUT2D eigenvalue weighted by atomic mass is 10.1. The molecule has 0 spiro atoms. The fourth-order valence-electron chi connectivity index (χ4n) is 2.39. The predicted molar refractivity (Wildman–Crippen MR) is 79.4 cm³/mol. The molecule has 2 aromatic rings. The molecular formula is C15H13ClN2O4. The number of rotatable bonds is 3. The molecule has 1 fully saturated rings. The fraction of sp³-hybridized carbons (Fsp3) is 0.267. The third kappa shape index (κ3) is 2.69. The number of benzene rings is 1. The summed E-state index contributed by atoms with van der Waals surface area (Å²) in [5, 5.41) is 4.58. The quantitative estimate of drug-likeness (QED) is 0.812. The van der Waals surface area contributed by atoms with Gasteiger partial charge in [0.25, 0.3) is 0 Å². The number of aromatic nitrogens is 1. The van der Waals surface area contributed by atoms with Crippen molar-refractivity contribution >= 4 is 29.4 Å². The molecule has 2 heterocycles. The number of ether oxygens (including phenoxy) is 1. The Morgan fingerprint density at radius 3 is 2.82 bits per heavy atom. The van der Waals surface area contributed by atoms with Crippen LogP contribution in [-0.2, 0) is 14.3 Å². The number of halogens is 1. The Hall–Kier alpha value is -2.34. The van der Waals surface area contributed by atoms with Crippen molar-refractivity contribution in [2.75, 3.05) is 18.6 Å². The van der Waals surface area contributed by atoms with E-state index in [4.69, 9.17) is 16.1 Å². The van der Waals surface area contributed by atoms with Gasteiger partial charge in [-0.15, -0.1) is 0 Å². The topological polar surface area (TPSA) is 72.6 Å². The Bertz CT molecular complexity index is 711. The first-order valence-electron chi connectivity index (χ1n) is 6.69. The second kappa shape index (κ2) is 5.81. The molecule has 1 unspecified atom stereocenters. The lowest BCUT2D eigenvalue weighted by molar-refractivity contribution is -0.145. The van der Waals surface area contributed by atoms with Crippen LogP contribution in [0, 0.1) is 5.92 Å². The number of amides is 1. The Kier molecular flexibility index (Phi) is 3.85. The van der Waals surface area contributed by atoms with Crippen molar-refractivity contribution in [1.29, 1.82) is 0 Å². The first kappa shape index (κ1) is 14.6. The first-order chi connectivity index (χ1) is 10.6. The molecule has 0 bridgehead atoms. The zero-order valence-electron chi connectivity index (χ0n) is 11.8. The van der Waals surface area contributed by atoms with Crippen molar-refractivity contribution in [1.82, 2.24) is 5.16 Å². The van der Waals surface area contributed by atoms with Crippen LogP contribution in [0.5, 0.6) is 0 Å². The average molecular weight is 321 g/mol. The van der Waals surface area contributed by atoms with Gasteiger partial charge in [-0.1, -0.05) is 28.9 Å². The summed E-state index contributed by atoms with van der Waals surface area (Å²) >= 11 is 5.85. The number of carbonyl (C=O) groups is 2. The number of carbonyl (C=O) groups excluding carboxylic acids is 2. The average Bonchev–Trinajstić information content (AvgIpc) is 3.14. The molecule has 22 heavy (non-hydrogen) atoms. The molecular weight excluding hydrogens is 308 g/mol.